The molecule has 1 aromatic rings. The molecule has 0 unspecified atom stereocenters. The van der Waals surface area contributed by atoms with Crippen molar-refractivity contribution in [3.63, 3.8) is 0 Å². The zero-order valence-corrected chi connectivity index (χ0v) is 16.1. The van der Waals surface area contributed by atoms with Crippen LogP contribution in [0.3, 0.4) is 0 Å². The van der Waals surface area contributed by atoms with E-state index in [2.05, 4.69) is 5.32 Å². The highest BCUT2D eigenvalue weighted by Gasteiger charge is 2.25. The van der Waals surface area contributed by atoms with Gasteiger partial charge in [-0.25, -0.2) is 14.7 Å². The summed E-state index contributed by atoms with van der Waals surface area (Å²) in [6, 6.07) is 4.73. The molecule has 1 atom stereocenters. The van der Waals surface area contributed by atoms with Crippen LogP contribution < -0.4 is 10.1 Å². The van der Waals surface area contributed by atoms with Crippen molar-refractivity contribution in [2.75, 3.05) is 20.3 Å². The zero-order valence-electron chi connectivity index (χ0n) is 16.1. The van der Waals surface area contributed by atoms with E-state index in [-0.39, 0.29) is 12.5 Å². The van der Waals surface area contributed by atoms with E-state index < -0.39 is 23.7 Å². The van der Waals surface area contributed by atoms with Gasteiger partial charge in [0.05, 0.1) is 7.11 Å². The summed E-state index contributed by atoms with van der Waals surface area (Å²) in [7, 11) is 1.39. The maximum absolute atomic E-state index is 11.8. The Kier molecular flexibility index (Phi) is 8.04. The van der Waals surface area contributed by atoms with Crippen LogP contribution in [-0.2, 0) is 19.2 Å². The van der Waals surface area contributed by atoms with E-state index in [1.54, 1.807) is 27.7 Å². The lowest BCUT2D eigenvalue weighted by Gasteiger charge is -2.22. The van der Waals surface area contributed by atoms with Gasteiger partial charge in [0.25, 0.3) is 5.91 Å². The van der Waals surface area contributed by atoms with Crippen LogP contribution in [0.4, 0.5) is 4.79 Å². The Morgan fingerprint density at radius 3 is 2.22 bits per heavy atom. The minimum Gasteiger partial charge on any atom is -0.484 e. The Morgan fingerprint density at radius 2 is 1.78 bits per heavy atom. The summed E-state index contributed by atoms with van der Waals surface area (Å²) >= 11 is 0. The van der Waals surface area contributed by atoms with Gasteiger partial charge in [-0.2, -0.15) is 0 Å². The molecule has 0 spiro atoms. The van der Waals surface area contributed by atoms with Crippen LogP contribution in [-0.4, -0.2) is 54.0 Å². The SMILES string of the molecule is CCN(OC)C(=O)COc1ccc([C@@H](NC(=O)OC(C)(C)C)C(=O)O)cc1. The van der Waals surface area contributed by atoms with E-state index in [0.717, 1.165) is 5.06 Å². The number of carboxylic acid groups (broad SMARTS) is 1. The number of likely N-dealkylation sites (N-methyl/N-ethyl adjacent to an activating group) is 1. The average molecular weight is 382 g/mol. The molecule has 27 heavy (non-hydrogen) atoms. The highest BCUT2D eigenvalue weighted by atomic mass is 16.7. The first-order chi connectivity index (χ1) is 12.6. The fraction of sp³-hybridized carbons (Fsp3) is 0.500. The summed E-state index contributed by atoms with van der Waals surface area (Å²) in [6.45, 7) is 6.96. The number of benzene rings is 1. The van der Waals surface area contributed by atoms with Crippen molar-refractivity contribution in [3.8, 4) is 5.75 Å². The number of ether oxygens (including phenoxy) is 2. The fourth-order valence-corrected chi connectivity index (χ4v) is 2.09. The number of alkyl carbamates (subject to hydrolysis) is 1. The number of hydrogen-bond acceptors (Lipinski definition) is 6. The number of amides is 2. The number of nitrogens with zero attached hydrogens (tertiary/aromatic N) is 1. The number of aliphatic carboxylic acids is 1. The van der Waals surface area contributed by atoms with E-state index in [0.29, 0.717) is 17.9 Å². The van der Waals surface area contributed by atoms with Crippen molar-refractivity contribution in [1.29, 1.82) is 0 Å². The molecule has 0 aliphatic carbocycles. The van der Waals surface area contributed by atoms with Gasteiger partial charge < -0.3 is 19.9 Å². The Labute approximate surface area is 158 Å². The summed E-state index contributed by atoms with van der Waals surface area (Å²) in [5.74, 6) is -1.21. The molecule has 0 fully saturated rings. The summed E-state index contributed by atoms with van der Waals surface area (Å²) in [5, 5.41) is 12.8. The molecule has 150 valence electrons. The Bertz CT molecular complexity index is 649. The minimum absolute atomic E-state index is 0.223. The van der Waals surface area contributed by atoms with Crippen LogP contribution in [0, 0.1) is 0 Å². The number of hydroxylamine groups is 2. The molecule has 0 saturated carbocycles. The predicted octanol–water partition coefficient (Wildman–Crippen LogP) is 2.13. The molecule has 0 heterocycles. The van der Waals surface area contributed by atoms with Crippen LogP contribution in [0.1, 0.15) is 39.3 Å². The second kappa shape index (κ2) is 9.77. The van der Waals surface area contributed by atoms with Crippen LogP contribution in [0.2, 0.25) is 0 Å². The van der Waals surface area contributed by atoms with E-state index >= 15 is 0 Å². The smallest absolute Gasteiger partial charge is 0.408 e. The molecule has 2 N–H and O–H groups in total. The van der Waals surface area contributed by atoms with Crippen molar-refractivity contribution in [3.05, 3.63) is 29.8 Å². The lowest BCUT2D eigenvalue weighted by Crippen LogP contribution is -2.38. The second-order valence-electron chi connectivity index (χ2n) is 6.55. The Morgan fingerprint density at radius 1 is 1.19 bits per heavy atom. The van der Waals surface area contributed by atoms with Gasteiger partial charge >= 0.3 is 12.1 Å². The summed E-state index contributed by atoms with van der Waals surface area (Å²) in [6.07, 6.45) is -0.833. The van der Waals surface area contributed by atoms with Crippen LogP contribution in [0.5, 0.6) is 5.75 Å². The van der Waals surface area contributed by atoms with Gasteiger partial charge in [-0.15, -0.1) is 0 Å². The maximum atomic E-state index is 11.8. The second-order valence-corrected chi connectivity index (χ2v) is 6.55. The third kappa shape index (κ3) is 7.53. The minimum atomic E-state index is -1.28. The van der Waals surface area contributed by atoms with Gasteiger partial charge in [0.2, 0.25) is 0 Å². The first-order valence-electron chi connectivity index (χ1n) is 8.37. The van der Waals surface area contributed by atoms with Gasteiger partial charge in [-0.1, -0.05) is 12.1 Å². The van der Waals surface area contributed by atoms with Crippen LogP contribution in [0.25, 0.3) is 0 Å². The normalized spacial score (nSPS) is 12.0. The van der Waals surface area contributed by atoms with Crippen LogP contribution in [0.15, 0.2) is 24.3 Å². The number of carbonyl (C=O) groups is 3. The summed E-state index contributed by atoms with van der Waals surface area (Å²) in [5.41, 5.74) is -0.412. The number of carboxylic acids is 1. The monoisotopic (exact) mass is 382 g/mol. The van der Waals surface area contributed by atoms with E-state index in [9.17, 15) is 19.5 Å². The molecule has 0 aliphatic heterocycles. The number of hydrogen-bond donors (Lipinski definition) is 2. The molecule has 9 heteroatoms. The quantitative estimate of drug-likeness (QED) is 0.662. The van der Waals surface area contributed by atoms with Gasteiger partial charge in [0.1, 0.15) is 11.4 Å². The zero-order chi connectivity index (χ0) is 20.6. The number of nitrogens with one attached hydrogen (secondary N) is 1. The highest BCUT2D eigenvalue weighted by Crippen LogP contribution is 2.19. The number of carbonyl (C=O) groups excluding carboxylic acids is 2. The third-order valence-electron chi connectivity index (χ3n) is 3.27. The van der Waals surface area contributed by atoms with E-state index in [4.69, 9.17) is 14.3 Å². The molecular weight excluding hydrogens is 356 g/mol. The van der Waals surface area contributed by atoms with Gasteiger partial charge in [-0.05, 0) is 45.4 Å². The molecule has 1 rings (SSSR count). The highest BCUT2D eigenvalue weighted by molar-refractivity contribution is 5.81. The van der Waals surface area contributed by atoms with Crippen molar-refractivity contribution < 1.29 is 33.8 Å². The number of rotatable bonds is 8. The molecular formula is C18H26N2O7. The molecule has 0 aromatic heterocycles. The lowest BCUT2D eigenvalue weighted by molar-refractivity contribution is -0.176. The molecule has 1 aromatic carbocycles. The lowest BCUT2D eigenvalue weighted by atomic mass is 10.1. The fourth-order valence-electron chi connectivity index (χ4n) is 2.09. The molecule has 0 radical (unpaired) electrons. The van der Waals surface area contributed by atoms with E-state index in [1.165, 1.54) is 31.4 Å². The van der Waals surface area contributed by atoms with Crippen molar-refractivity contribution in [2.45, 2.75) is 39.3 Å². The Hall–Kier alpha value is -2.81. The first kappa shape index (κ1) is 22.2. The van der Waals surface area contributed by atoms with Gasteiger partial charge in [0, 0.05) is 6.54 Å². The molecule has 2 amide bonds. The largest absolute Gasteiger partial charge is 0.484 e. The first-order valence-corrected chi connectivity index (χ1v) is 8.37. The topological polar surface area (TPSA) is 114 Å². The molecule has 0 aliphatic rings. The van der Waals surface area contributed by atoms with Gasteiger partial charge in [0.15, 0.2) is 12.6 Å². The Balaban J connectivity index is 2.75. The standard InChI is InChI=1S/C18H26N2O7/c1-6-20(25-5)14(21)11-26-13-9-7-12(8-10-13)15(16(22)23)19-17(24)27-18(2,3)4/h7-10,15H,6,11H2,1-5H3,(H,19,24)(H,22,23)/t15-/m1/s1. The molecule has 0 saturated heterocycles. The molecule has 9 nitrogen and oxygen atoms in total. The maximum Gasteiger partial charge on any atom is 0.408 e. The van der Waals surface area contributed by atoms with Gasteiger partial charge in [-0.3, -0.25) is 9.63 Å². The van der Waals surface area contributed by atoms with Crippen molar-refractivity contribution in [1.82, 2.24) is 10.4 Å². The molecule has 0 bridgehead atoms. The summed E-state index contributed by atoms with van der Waals surface area (Å²) < 4.78 is 10.4. The van der Waals surface area contributed by atoms with Crippen molar-refractivity contribution >= 4 is 18.0 Å². The summed E-state index contributed by atoms with van der Waals surface area (Å²) in [4.78, 5) is 40.0. The predicted molar refractivity (Wildman–Crippen MR) is 96.1 cm³/mol. The average Bonchev–Trinajstić information content (AvgIpc) is 2.57. The van der Waals surface area contributed by atoms with Crippen LogP contribution >= 0.6 is 0 Å². The van der Waals surface area contributed by atoms with E-state index in [1.807, 2.05) is 0 Å². The van der Waals surface area contributed by atoms with Crippen molar-refractivity contribution in [2.24, 2.45) is 0 Å². The third-order valence-corrected chi connectivity index (χ3v) is 3.27.